The highest BCUT2D eigenvalue weighted by Crippen LogP contribution is 2.10. The van der Waals surface area contributed by atoms with E-state index in [4.69, 9.17) is 0 Å². The number of hydrogen-bond acceptors (Lipinski definition) is 2. The van der Waals surface area contributed by atoms with Crippen molar-refractivity contribution in [3.63, 3.8) is 0 Å². The van der Waals surface area contributed by atoms with Gasteiger partial charge in [0.25, 0.3) is 5.91 Å². The van der Waals surface area contributed by atoms with Gasteiger partial charge in [0.1, 0.15) is 0 Å². The first-order valence-electron chi connectivity index (χ1n) is 7.82. The summed E-state index contributed by atoms with van der Waals surface area (Å²) in [5, 5.41) is 5.63. The maximum Gasteiger partial charge on any atom is 0.251 e. The Labute approximate surface area is 133 Å². The second kappa shape index (κ2) is 8.54. The SMILES string of the molecule is CC(=O)Nc1cccc(C(=O)NCC[NH+](C(C)C)C(C)C)c1. The molecule has 0 aliphatic rings. The Morgan fingerprint density at radius 2 is 1.77 bits per heavy atom. The predicted molar refractivity (Wildman–Crippen MR) is 89.2 cm³/mol. The molecule has 0 saturated carbocycles. The van der Waals surface area contributed by atoms with E-state index < -0.39 is 0 Å². The van der Waals surface area contributed by atoms with Crippen molar-refractivity contribution in [1.82, 2.24) is 5.32 Å². The van der Waals surface area contributed by atoms with Gasteiger partial charge in [-0.15, -0.1) is 0 Å². The topological polar surface area (TPSA) is 62.6 Å². The highest BCUT2D eigenvalue weighted by Gasteiger charge is 2.17. The molecule has 0 fully saturated rings. The molecule has 5 nitrogen and oxygen atoms in total. The molecule has 0 aliphatic heterocycles. The number of nitrogens with one attached hydrogen (secondary N) is 3. The molecule has 0 radical (unpaired) electrons. The van der Waals surface area contributed by atoms with Gasteiger partial charge in [-0.2, -0.15) is 0 Å². The lowest BCUT2D eigenvalue weighted by Gasteiger charge is -2.27. The van der Waals surface area contributed by atoms with Gasteiger partial charge in [0.05, 0.1) is 25.2 Å². The van der Waals surface area contributed by atoms with Crippen molar-refractivity contribution in [2.75, 3.05) is 18.4 Å². The van der Waals surface area contributed by atoms with Crippen LogP contribution in [0.4, 0.5) is 5.69 Å². The molecule has 0 spiro atoms. The minimum atomic E-state index is -0.148. The van der Waals surface area contributed by atoms with Crippen LogP contribution in [0.25, 0.3) is 0 Å². The Hall–Kier alpha value is -1.88. The van der Waals surface area contributed by atoms with Gasteiger partial charge in [0, 0.05) is 18.2 Å². The summed E-state index contributed by atoms with van der Waals surface area (Å²) in [6.45, 7) is 11.7. The number of carbonyl (C=O) groups is 2. The first kappa shape index (κ1) is 18.2. The predicted octanol–water partition coefficient (Wildman–Crippen LogP) is 1.08. The zero-order valence-electron chi connectivity index (χ0n) is 14.2. The van der Waals surface area contributed by atoms with Crippen LogP contribution in [-0.2, 0) is 4.79 Å². The van der Waals surface area contributed by atoms with Crippen molar-refractivity contribution in [3.05, 3.63) is 29.8 Å². The molecular formula is C17H28N3O2+. The molecule has 0 unspecified atom stereocenters. The van der Waals surface area contributed by atoms with Crippen LogP contribution in [-0.4, -0.2) is 37.0 Å². The second-order valence-corrected chi connectivity index (χ2v) is 6.15. The molecule has 122 valence electrons. The van der Waals surface area contributed by atoms with Gasteiger partial charge in [0.2, 0.25) is 5.91 Å². The number of hydrogen-bond donors (Lipinski definition) is 3. The summed E-state index contributed by atoms with van der Waals surface area (Å²) in [5.74, 6) is -0.260. The van der Waals surface area contributed by atoms with Gasteiger partial charge in [-0.3, -0.25) is 9.59 Å². The van der Waals surface area contributed by atoms with E-state index >= 15 is 0 Å². The maximum atomic E-state index is 12.2. The normalized spacial score (nSPS) is 11.1. The Kier molecular flexibility index (Phi) is 7.05. The van der Waals surface area contributed by atoms with Gasteiger partial charge < -0.3 is 15.5 Å². The van der Waals surface area contributed by atoms with Crippen molar-refractivity contribution in [1.29, 1.82) is 0 Å². The molecule has 0 bridgehead atoms. The fourth-order valence-corrected chi connectivity index (χ4v) is 2.61. The number of benzene rings is 1. The first-order valence-corrected chi connectivity index (χ1v) is 7.82. The average molecular weight is 306 g/mol. The third-order valence-corrected chi connectivity index (χ3v) is 3.63. The molecule has 3 N–H and O–H groups in total. The standard InChI is InChI=1S/C17H27N3O2/c1-12(2)20(13(3)4)10-9-18-17(22)15-7-6-8-16(11-15)19-14(5)21/h6-8,11-13H,9-10H2,1-5H3,(H,18,22)(H,19,21)/p+1. The van der Waals surface area contributed by atoms with Crippen LogP contribution >= 0.6 is 0 Å². The lowest BCUT2D eigenvalue weighted by Crippen LogP contribution is -3.18. The largest absolute Gasteiger partial charge is 0.346 e. The monoisotopic (exact) mass is 306 g/mol. The van der Waals surface area contributed by atoms with Crippen LogP contribution in [0, 0.1) is 0 Å². The smallest absolute Gasteiger partial charge is 0.251 e. The van der Waals surface area contributed by atoms with Crippen LogP contribution in [0.15, 0.2) is 24.3 Å². The van der Waals surface area contributed by atoms with Gasteiger partial charge >= 0.3 is 0 Å². The van der Waals surface area contributed by atoms with Crippen molar-refractivity contribution >= 4 is 17.5 Å². The Morgan fingerprint density at radius 3 is 2.32 bits per heavy atom. The highest BCUT2D eigenvalue weighted by molar-refractivity contribution is 5.96. The minimum absolute atomic E-state index is 0.112. The van der Waals surface area contributed by atoms with E-state index in [1.54, 1.807) is 24.3 Å². The maximum absolute atomic E-state index is 12.2. The third-order valence-electron chi connectivity index (χ3n) is 3.63. The summed E-state index contributed by atoms with van der Waals surface area (Å²) in [5.41, 5.74) is 1.19. The number of rotatable bonds is 7. The van der Waals surface area contributed by atoms with E-state index in [0.717, 1.165) is 6.54 Å². The summed E-state index contributed by atoms with van der Waals surface area (Å²) in [4.78, 5) is 24.7. The minimum Gasteiger partial charge on any atom is -0.346 e. The van der Waals surface area contributed by atoms with Crippen LogP contribution < -0.4 is 15.5 Å². The molecule has 0 atom stereocenters. The summed E-state index contributed by atoms with van der Waals surface area (Å²) < 4.78 is 0. The molecule has 1 aromatic rings. The summed E-state index contributed by atoms with van der Waals surface area (Å²) in [6, 6.07) is 8.02. The molecule has 1 aromatic carbocycles. The Bertz CT molecular complexity index is 504. The molecule has 2 amide bonds. The number of amides is 2. The summed E-state index contributed by atoms with van der Waals surface area (Å²) in [7, 11) is 0. The van der Waals surface area contributed by atoms with Gasteiger partial charge in [-0.05, 0) is 45.9 Å². The number of anilines is 1. The molecule has 0 heterocycles. The van der Waals surface area contributed by atoms with Crippen molar-refractivity contribution in [2.24, 2.45) is 0 Å². The number of carbonyl (C=O) groups excluding carboxylic acids is 2. The first-order chi connectivity index (χ1) is 10.3. The zero-order valence-corrected chi connectivity index (χ0v) is 14.2. The van der Waals surface area contributed by atoms with Crippen LogP contribution in [0.1, 0.15) is 45.0 Å². The quantitative estimate of drug-likeness (QED) is 0.706. The van der Waals surface area contributed by atoms with Crippen molar-refractivity contribution < 1.29 is 14.5 Å². The van der Waals surface area contributed by atoms with E-state index in [1.807, 2.05) is 0 Å². The van der Waals surface area contributed by atoms with Gasteiger partial charge in [-0.25, -0.2) is 0 Å². The lowest BCUT2D eigenvalue weighted by atomic mass is 10.2. The molecule has 0 aliphatic carbocycles. The van der Waals surface area contributed by atoms with Gasteiger partial charge in [-0.1, -0.05) is 6.07 Å². The van der Waals surface area contributed by atoms with E-state index in [9.17, 15) is 9.59 Å². The fourth-order valence-electron chi connectivity index (χ4n) is 2.61. The third kappa shape index (κ3) is 5.85. The summed E-state index contributed by atoms with van der Waals surface area (Å²) in [6.07, 6.45) is 0. The Balaban J connectivity index is 2.57. The molecule has 0 saturated heterocycles. The molecule has 1 rings (SSSR count). The average Bonchev–Trinajstić information content (AvgIpc) is 2.42. The van der Waals surface area contributed by atoms with Crippen LogP contribution in [0.5, 0.6) is 0 Å². The molecule has 0 aromatic heterocycles. The fraction of sp³-hybridized carbons (Fsp3) is 0.529. The summed E-state index contributed by atoms with van der Waals surface area (Å²) >= 11 is 0. The van der Waals surface area contributed by atoms with Crippen molar-refractivity contribution in [3.8, 4) is 0 Å². The van der Waals surface area contributed by atoms with Crippen molar-refractivity contribution in [2.45, 2.75) is 46.7 Å². The highest BCUT2D eigenvalue weighted by atomic mass is 16.2. The van der Waals surface area contributed by atoms with E-state index in [-0.39, 0.29) is 11.8 Å². The number of quaternary nitrogens is 1. The van der Waals surface area contributed by atoms with Crippen LogP contribution in [0.2, 0.25) is 0 Å². The van der Waals surface area contributed by atoms with Gasteiger partial charge in [0.15, 0.2) is 0 Å². The van der Waals surface area contributed by atoms with E-state index in [0.29, 0.717) is 29.9 Å². The van der Waals surface area contributed by atoms with E-state index in [1.165, 1.54) is 11.8 Å². The second-order valence-electron chi connectivity index (χ2n) is 6.15. The van der Waals surface area contributed by atoms with E-state index in [2.05, 4.69) is 38.3 Å². The lowest BCUT2D eigenvalue weighted by molar-refractivity contribution is -0.941. The van der Waals surface area contributed by atoms with Crippen LogP contribution in [0.3, 0.4) is 0 Å². The molecule has 22 heavy (non-hydrogen) atoms. The molecular weight excluding hydrogens is 278 g/mol. The zero-order chi connectivity index (χ0) is 16.7. The Morgan fingerprint density at radius 1 is 1.14 bits per heavy atom. The molecule has 5 heteroatoms.